The van der Waals surface area contributed by atoms with Gasteiger partial charge in [-0.2, -0.15) is 12.8 Å². The van der Waals surface area contributed by atoms with E-state index >= 15 is 0 Å². The molecule has 0 bridgehead atoms. The number of nitrogens with one attached hydrogen (secondary N) is 2. The van der Waals surface area contributed by atoms with Gasteiger partial charge in [-0.1, -0.05) is 43.9 Å². The Bertz CT molecular complexity index is 1140. The highest BCUT2D eigenvalue weighted by Gasteiger charge is 2.42. The molecular weight excluding hydrogens is 483 g/mol. The van der Waals surface area contributed by atoms with E-state index in [-0.39, 0.29) is 12.5 Å². The summed E-state index contributed by atoms with van der Waals surface area (Å²) in [7, 11) is -4.29. The number of amidine groups is 1. The molecule has 0 saturated carbocycles. The summed E-state index contributed by atoms with van der Waals surface area (Å²) in [4.78, 5) is 5.97. The van der Waals surface area contributed by atoms with Crippen LogP contribution in [0.15, 0.2) is 71.0 Å². The second kappa shape index (κ2) is 11.7. The fourth-order valence-corrected chi connectivity index (χ4v) is 6.16. The van der Waals surface area contributed by atoms with Gasteiger partial charge in [-0.25, -0.2) is 4.99 Å². The standard InChI is InChI=1S/C26H37FN4O4S/c1-6-31(21-10-8-7-9-11-21)18(5)28-26(27)30-25(16(2)3)29-20-12-13-22-19(14-20)15-23(36(33,34)35)17(4)24(22)32/h7-11,17,20,23-25,29,32H,2,5-6,12-15H2,1,3-4H3,(H,28,30)(H,33,34,35). The van der Waals surface area contributed by atoms with Crippen LogP contribution in [0.4, 0.5) is 10.1 Å². The van der Waals surface area contributed by atoms with Gasteiger partial charge in [-0.15, -0.1) is 0 Å². The number of aliphatic hydroxyl groups excluding tert-OH is 1. The Morgan fingerprint density at radius 1 is 1.28 bits per heavy atom. The molecule has 198 valence electrons. The normalized spacial score (nSPS) is 25.7. The van der Waals surface area contributed by atoms with E-state index in [2.05, 4.69) is 28.8 Å². The number of aliphatic hydroxyl groups is 1. The molecule has 5 atom stereocenters. The van der Waals surface area contributed by atoms with Crippen molar-refractivity contribution in [1.29, 1.82) is 0 Å². The largest absolute Gasteiger partial charge is 0.388 e. The van der Waals surface area contributed by atoms with Crippen LogP contribution in [0.1, 0.15) is 46.5 Å². The third kappa shape index (κ3) is 6.61. The Morgan fingerprint density at radius 2 is 1.94 bits per heavy atom. The summed E-state index contributed by atoms with van der Waals surface area (Å²) in [6.07, 6.45) is -0.512. The van der Waals surface area contributed by atoms with Gasteiger partial charge < -0.3 is 15.3 Å². The fraction of sp³-hybridized carbons (Fsp3) is 0.500. The van der Waals surface area contributed by atoms with Crippen molar-refractivity contribution in [3.8, 4) is 0 Å². The molecule has 0 radical (unpaired) electrons. The first-order valence-corrected chi connectivity index (χ1v) is 13.7. The Balaban J connectivity index is 1.69. The quantitative estimate of drug-likeness (QED) is 0.128. The first-order valence-electron chi connectivity index (χ1n) is 12.2. The summed E-state index contributed by atoms with van der Waals surface area (Å²) in [5, 5.41) is 15.5. The Hall–Kier alpha value is -2.53. The van der Waals surface area contributed by atoms with E-state index < -0.39 is 39.6 Å². The molecule has 3 rings (SSSR count). The summed E-state index contributed by atoms with van der Waals surface area (Å²) in [5.41, 5.74) is 3.16. The maximum Gasteiger partial charge on any atom is 0.285 e. The van der Waals surface area contributed by atoms with Gasteiger partial charge in [0.15, 0.2) is 0 Å². The average molecular weight is 521 g/mol. The second-order valence-corrected chi connectivity index (χ2v) is 11.3. The maximum absolute atomic E-state index is 14.9. The number of benzene rings is 1. The zero-order chi connectivity index (χ0) is 26.6. The Labute approximate surface area is 213 Å². The molecule has 8 nitrogen and oxygen atoms in total. The van der Waals surface area contributed by atoms with Gasteiger partial charge in [-0.3, -0.25) is 9.87 Å². The van der Waals surface area contributed by atoms with Gasteiger partial charge >= 0.3 is 0 Å². The molecule has 1 aromatic carbocycles. The minimum atomic E-state index is -4.29. The summed E-state index contributed by atoms with van der Waals surface area (Å²) < 4.78 is 48.3. The smallest absolute Gasteiger partial charge is 0.285 e. The maximum atomic E-state index is 14.9. The van der Waals surface area contributed by atoms with Crippen LogP contribution in [0.5, 0.6) is 0 Å². The summed E-state index contributed by atoms with van der Waals surface area (Å²) in [6.45, 7) is 13.8. The molecule has 1 aromatic rings. The monoisotopic (exact) mass is 520 g/mol. The van der Waals surface area contributed by atoms with Gasteiger partial charge in [0, 0.05) is 24.2 Å². The zero-order valence-electron chi connectivity index (χ0n) is 21.1. The second-order valence-electron chi connectivity index (χ2n) is 9.62. The highest BCUT2D eigenvalue weighted by atomic mass is 32.2. The van der Waals surface area contributed by atoms with Crippen molar-refractivity contribution >= 4 is 21.9 Å². The number of aliphatic imine (C=N–C) groups is 1. The lowest BCUT2D eigenvalue weighted by molar-refractivity contribution is 0.126. The summed E-state index contributed by atoms with van der Waals surface area (Å²) in [5.74, 6) is -0.234. The number of para-hydroxylation sites is 1. The molecule has 5 unspecified atom stereocenters. The number of anilines is 1. The van der Waals surface area contributed by atoms with Crippen LogP contribution < -0.4 is 15.5 Å². The number of hydrogen-bond donors (Lipinski definition) is 4. The summed E-state index contributed by atoms with van der Waals surface area (Å²) >= 11 is 0. The lowest BCUT2D eigenvalue weighted by Crippen LogP contribution is -2.46. The van der Waals surface area contributed by atoms with E-state index in [1.54, 1.807) is 13.8 Å². The lowest BCUT2D eigenvalue weighted by atomic mass is 9.74. The Kier molecular flexibility index (Phi) is 9.10. The first-order chi connectivity index (χ1) is 16.9. The molecule has 10 heteroatoms. The van der Waals surface area contributed by atoms with Crippen molar-refractivity contribution in [1.82, 2.24) is 10.6 Å². The highest BCUT2D eigenvalue weighted by Crippen LogP contribution is 2.41. The molecule has 0 amide bonds. The summed E-state index contributed by atoms with van der Waals surface area (Å²) in [6, 6.07) is 9.39. The number of rotatable bonds is 9. The minimum Gasteiger partial charge on any atom is -0.388 e. The molecule has 36 heavy (non-hydrogen) atoms. The van der Waals surface area contributed by atoms with Crippen LogP contribution in [0, 0.1) is 5.92 Å². The van der Waals surface area contributed by atoms with Crippen molar-refractivity contribution in [2.24, 2.45) is 10.9 Å². The predicted molar refractivity (Wildman–Crippen MR) is 142 cm³/mol. The van der Waals surface area contributed by atoms with Gasteiger partial charge in [0.1, 0.15) is 12.0 Å². The van der Waals surface area contributed by atoms with Crippen molar-refractivity contribution in [2.75, 3.05) is 11.4 Å². The van der Waals surface area contributed by atoms with Crippen molar-refractivity contribution in [3.05, 3.63) is 66.0 Å². The van der Waals surface area contributed by atoms with Gasteiger partial charge in [0.05, 0.1) is 11.4 Å². The molecule has 2 aliphatic carbocycles. The lowest BCUT2D eigenvalue weighted by Gasteiger charge is -2.40. The van der Waals surface area contributed by atoms with E-state index in [1.807, 2.05) is 42.2 Å². The Morgan fingerprint density at radius 3 is 2.53 bits per heavy atom. The van der Waals surface area contributed by atoms with E-state index in [1.165, 1.54) is 0 Å². The van der Waals surface area contributed by atoms with E-state index in [0.717, 1.165) is 16.8 Å². The van der Waals surface area contributed by atoms with E-state index in [9.17, 15) is 22.5 Å². The topological polar surface area (TPSA) is 114 Å². The van der Waals surface area contributed by atoms with Crippen molar-refractivity contribution in [2.45, 2.75) is 70.0 Å². The average Bonchev–Trinajstić information content (AvgIpc) is 2.81. The van der Waals surface area contributed by atoms with Crippen LogP contribution >= 0.6 is 0 Å². The van der Waals surface area contributed by atoms with Crippen molar-refractivity contribution in [3.63, 3.8) is 0 Å². The number of nitrogens with zero attached hydrogens (tertiary/aromatic N) is 2. The molecule has 4 N–H and O–H groups in total. The fourth-order valence-electron chi connectivity index (χ4n) is 5.06. The predicted octanol–water partition coefficient (Wildman–Crippen LogP) is 3.90. The van der Waals surface area contributed by atoms with Gasteiger partial charge in [0.2, 0.25) is 0 Å². The van der Waals surface area contributed by atoms with Crippen LogP contribution in [0.25, 0.3) is 0 Å². The van der Waals surface area contributed by atoms with E-state index in [4.69, 9.17) is 0 Å². The van der Waals surface area contributed by atoms with Crippen LogP contribution in [-0.4, -0.2) is 54.3 Å². The molecule has 0 saturated heterocycles. The van der Waals surface area contributed by atoms with Crippen LogP contribution in [0.3, 0.4) is 0 Å². The molecule has 0 aromatic heterocycles. The van der Waals surface area contributed by atoms with E-state index in [0.29, 0.717) is 37.2 Å². The third-order valence-corrected chi connectivity index (χ3v) is 8.40. The zero-order valence-corrected chi connectivity index (χ0v) is 21.9. The minimum absolute atomic E-state index is 0.121. The van der Waals surface area contributed by atoms with Crippen molar-refractivity contribution < 1.29 is 22.5 Å². The van der Waals surface area contributed by atoms with Crippen LogP contribution in [-0.2, 0) is 10.1 Å². The molecule has 0 spiro atoms. The number of hydrogen-bond acceptors (Lipinski definition) is 6. The van der Waals surface area contributed by atoms with Crippen LogP contribution in [0.2, 0.25) is 0 Å². The highest BCUT2D eigenvalue weighted by molar-refractivity contribution is 7.86. The SMILES string of the molecule is C=C(C)C(N=C(F)NC(=C)N(CC)c1ccccc1)NC1CCC2=C(C1)CC(S(=O)(=O)O)C(C)C2O. The third-order valence-electron chi connectivity index (χ3n) is 7.04. The molecule has 0 heterocycles. The molecule has 0 fully saturated rings. The molecule has 0 aliphatic heterocycles. The molecular formula is C26H37FN4O4S. The molecule has 2 aliphatic rings. The number of halogens is 1. The van der Waals surface area contributed by atoms with Gasteiger partial charge in [0.25, 0.3) is 16.2 Å². The van der Waals surface area contributed by atoms with Gasteiger partial charge in [-0.05, 0) is 62.8 Å². The first kappa shape index (κ1) is 28.0.